The Bertz CT molecular complexity index is 779. The summed E-state index contributed by atoms with van der Waals surface area (Å²) in [5.74, 6) is -0.388. The van der Waals surface area contributed by atoms with Gasteiger partial charge in [0.15, 0.2) is 6.29 Å². The number of carbonyl (C=O) groups excluding carboxylic acids is 2. The van der Waals surface area contributed by atoms with Gasteiger partial charge in [-0.25, -0.2) is 0 Å². The molecule has 1 fully saturated rings. The summed E-state index contributed by atoms with van der Waals surface area (Å²) in [6.45, 7) is 0. The van der Waals surface area contributed by atoms with Crippen molar-refractivity contribution in [1.82, 2.24) is 9.80 Å². The van der Waals surface area contributed by atoms with Crippen LogP contribution in [0, 0.1) is 0 Å². The number of hydrogen-bond donors (Lipinski definition) is 2. The first-order valence-corrected chi connectivity index (χ1v) is 9.02. The van der Waals surface area contributed by atoms with Gasteiger partial charge in [-0.05, 0) is 11.1 Å². The normalized spacial score (nSPS) is 19.8. The Morgan fingerprint density at radius 2 is 1.63 bits per heavy atom. The third-order valence-corrected chi connectivity index (χ3v) is 4.87. The molecule has 0 saturated carbocycles. The van der Waals surface area contributed by atoms with Crippen LogP contribution in [0.4, 0.5) is 0 Å². The van der Waals surface area contributed by atoms with E-state index in [4.69, 9.17) is 10.2 Å². The molecule has 0 radical (unpaired) electrons. The molecule has 1 aliphatic rings. The first-order chi connectivity index (χ1) is 13.0. The maximum absolute atomic E-state index is 13.0. The van der Waals surface area contributed by atoms with E-state index in [-0.39, 0.29) is 24.7 Å². The molecule has 2 amide bonds. The van der Waals surface area contributed by atoms with Crippen molar-refractivity contribution in [2.75, 3.05) is 7.05 Å². The van der Waals surface area contributed by atoms with Crippen molar-refractivity contribution < 1.29 is 19.8 Å². The van der Waals surface area contributed by atoms with Gasteiger partial charge in [0, 0.05) is 26.3 Å². The number of rotatable bonds is 6. The van der Waals surface area contributed by atoms with Crippen molar-refractivity contribution in [2.24, 2.45) is 0 Å². The van der Waals surface area contributed by atoms with E-state index >= 15 is 0 Å². The van der Waals surface area contributed by atoms with Gasteiger partial charge in [-0.2, -0.15) is 0 Å². The summed E-state index contributed by atoms with van der Waals surface area (Å²) in [6.07, 6.45) is -1.73. The van der Waals surface area contributed by atoms with E-state index in [1.165, 1.54) is 0 Å². The van der Waals surface area contributed by atoms with Crippen molar-refractivity contribution in [1.29, 1.82) is 0 Å². The third kappa shape index (κ3) is 4.18. The van der Waals surface area contributed by atoms with Crippen LogP contribution in [0.5, 0.6) is 0 Å². The van der Waals surface area contributed by atoms with Crippen LogP contribution in [-0.2, 0) is 16.0 Å². The summed E-state index contributed by atoms with van der Waals surface area (Å²) < 4.78 is 0. The van der Waals surface area contributed by atoms with Gasteiger partial charge < -0.3 is 20.0 Å². The highest BCUT2D eigenvalue weighted by molar-refractivity contribution is 5.91. The number of benzene rings is 2. The molecule has 142 valence electrons. The van der Waals surface area contributed by atoms with E-state index in [0.717, 1.165) is 11.1 Å². The van der Waals surface area contributed by atoms with Crippen LogP contribution in [0.2, 0.25) is 0 Å². The van der Waals surface area contributed by atoms with Crippen molar-refractivity contribution >= 4 is 11.8 Å². The highest BCUT2D eigenvalue weighted by Gasteiger charge is 2.46. The molecule has 2 unspecified atom stereocenters. The lowest BCUT2D eigenvalue weighted by Crippen LogP contribution is -2.41. The van der Waals surface area contributed by atoms with Gasteiger partial charge in [-0.15, -0.1) is 0 Å². The van der Waals surface area contributed by atoms with Crippen LogP contribution < -0.4 is 0 Å². The first-order valence-electron chi connectivity index (χ1n) is 9.02. The highest BCUT2D eigenvalue weighted by atomic mass is 16.5. The maximum atomic E-state index is 13.0. The fraction of sp³-hybridized carbons (Fsp3) is 0.333. The molecule has 1 aliphatic heterocycles. The number of aliphatic hydroxyl groups is 2. The molecule has 2 atom stereocenters. The van der Waals surface area contributed by atoms with E-state index in [1.54, 1.807) is 16.8 Å². The van der Waals surface area contributed by atoms with E-state index < -0.39 is 18.5 Å². The lowest BCUT2D eigenvalue weighted by molar-refractivity contribution is -0.138. The second kappa shape index (κ2) is 8.33. The second-order valence-electron chi connectivity index (χ2n) is 6.76. The van der Waals surface area contributed by atoms with E-state index in [0.29, 0.717) is 6.42 Å². The SMILES string of the molecule is CN1C(=O)C(Cc2ccccc2)N(C(=O)CCC(O)O)C1c1ccccc1. The summed E-state index contributed by atoms with van der Waals surface area (Å²) in [4.78, 5) is 29.1. The molecule has 2 aromatic rings. The summed E-state index contributed by atoms with van der Waals surface area (Å²) in [7, 11) is 1.70. The Balaban J connectivity index is 1.94. The molecule has 0 spiro atoms. The van der Waals surface area contributed by atoms with Crippen LogP contribution in [0.3, 0.4) is 0 Å². The van der Waals surface area contributed by atoms with Gasteiger partial charge in [0.05, 0.1) is 0 Å². The standard InChI is InChI=1S/C21H24N2O4/c1-22-20(16-10-6-3-7-11-16)23(18(24)12-13-19(25)26)17(21(22)27)14-15-8-4-2-5-9-15/h2-11,17,19-20,25-26H,12-14H2,1H3. The molecule has 2 aromatic carbocycles. The highest BCUT2D eigenvalue weighted by Crippen LogP contribution is 2.35. The Hall–Kier alpha value is -2.70. The fourth-order valence-electron chi connectivity index (χ4n) is 3.56. The molecular weight excluding hydrogens is 344 g/mol. The Morgan fingerprint density at radius 3 is 2.22 bits per heavy atom. The average Bonchev–Trinajstić information content (AvgIpc) is 2.92. The molecule has 2 N–H and O–H groups in total. The van der Waals surface area contributed by atoms with Crippen molar-refractivity contribution in [3.05, 3.63) is 71.8 Å². The molecule has 0 aliphatic carbocycles. The predicted octanol–water partition coefficient (Wildman–Crippen LogP) is 1.69. The minimum Gasteiger partial charge on any atom is -0.368 e. The van der Waals surface area contributed by atoms with Gasteiger partial charge >= 0.3 is 0 Å². The van der Waals surface area contributed by atoms with Gasteiger partial charge in [0.2, 0.25) is 11.8 Å². The number of amides is 2. The zero-order valence-electron chi connectivity index (χ0n) is 15.2. The summed E-state index contributed by atoms with van der Waals surface area (Å²) in [5, 5.41) is 18.3. The van der Waals surface area contributed by atoms with E-state index in [9.17, 15) is 9.59 Å². The molecule has 1 heterocycles. The van der Waals surface area contributed by atoms with Crippen LogP contribution in [0.25, 0.3) is 0 Å². The molecule has 27 heavy (non-hydrogen) atoms. The largest absolute Gasteiger partial charge is 0.368 e. The smallest absolute Gasteiger partial charge is 0.247 e. The zero-order valence-corrected chi connectivity index (χ0v) is 15.2. The van der Waals surface area contributed by atoms with E-state index in [2.05, 4.69) is 0 Å². The Labute approximate surface area is 158 Å². The lowest BCUT2D eigenvalue weighted by Gasteiger charge is -2.30. The zero-order chi connectivity index (χ0) is 19.4. The fourth-order valence-corrected chi connectivity index (χ4v) is 3.56. The molecule has 0 bridgehead atoms. The number of nitrogens with zero attached hydrogens (tertiary/aromatic N) is 2. The van der Waals surface area contributed by atoms with Crippen molar-refractivity contribution in [2.45, 2.75) is 37.8 Å². The van der Waals surface area contributed by atoms with Gasteiger partial charge in [0.1, 0.15) is 12.2 Å². The minimum atomic E-state index is -1.55. The molecule has 0 aromatic heterocycles. The summed E-state index contributed by atoms with van der Waals surface area (Å²) >= 11 is 0. The molecule has 1 saturated heterocycles. The lowest BCUT2D eigenvalue weighted by atomic mass is 10.0. The van der Waals surface area contributed by atoms with Gasteiger partial charge in [-0.3, -0.25) is 9.59 Å². The second-order valence-corrected chi connectivity index (χ2v) is 6.76. The predicted molar refractivity (Wildman–Crippen MR) is 100 cm³/mol. The monoisotopic (exact) mass is 368 g/mol. The molecule has 6 heteroatoms. The topological polar surface area (TPSA) is 81.1 Å². The van der Waals surface area contributed by atoms with Crippen molar-refractivity contribution in [3.8, 4) is 0 Å². The third-order valence-electron chi connectivity index (χ3n) is 4.87. The first kappa shape index (κ1) is 19.1. The Kier molecular flexibility index (Phi) is 5.88. The molecule has 3 rings (SSSR count). The number of aliphatic hydroxyl groups excluding tert-OH is 1. The van der Waals surface area contributed by atoms with Crippen molar-refractivity contribution in [3.63, 3.8) is 0 Å². The van der Waals surface area contributed by atoms with Gasteiger partial charge in [0.25, 0.3) is 0 Å². The summed E-state index contributed by atoms with van der Waals surface area (Å²) in [5.41, 5.74) is 1.82. The van der Waals surface area contributed by atoms with Crippen LogP contribution in [-0.4, -0.2) is 51.2 Å². The minimum absolute atomic E-state index is 0.0343. The average molecular weight is 368 g/mol. The van der Waals surface area contributed by atoms with Gasteiger partial charge in [-0.1, -0.05) is 60.7 Å². The van der Waals surface area contributed by atoms with Crippen LogP contribution >= 0.6 is 0 Å². The molecule has 6 nitrogen and oxygen atoms in total. The number of hydrogen-bond acceptors (Lipinski definition) is 4. The number of carbonyl (C=O) groups is 2. The van der Waals surface area contributed by atoms with Crippen LogP contribution in [0.15, 0.2) is 60.7 Å². The van der Waals surface area contributed by atoms with E-state index in [1.807, 2.05) is 60.7 Å². The Morgan fingerprint density at radius 1 is 1.04 bits per heavy atom. The maximum Gasteiger partial charge on any atom is 0.247 e. The number of likely N-dealkylation sites (N-methyl/N-ethyl adjacent to an activating group) is 1. The quantitative estimate of drug-likeness (QED) is 0.761. The van der Waals surface area contributed by atoms with Crippen LogP contribution in [0.1, 0.15) is 30.1 Å². The summed E-state index contributed by atoms with van der Waals surface area (Å²) in [6, 6.07) is 18.4. The molecular formula is C21H24N2O4.